The van der Waals surface area contributed by atoms with Crippen molar-refractivity contribution in [1.82, 2.24) is 4.98 Å². The van der Waals surface area contributed by atoms with Crippen LogP contribution in [0.2, 0.25) is 5.02 Å². The van der Waals surface area contributed by atoms with Gasteiger partial charge in [-0.05, 0) is 28.1 Å². The first kappa shape index (κ1) is 8.29. The lowest BCUT2D eigenvalue weighted by atomic mass is 10.3. The number of thiazole rings is 1. The van der Waals surface area contributed by atoms with Crippen molar-refractivity contribution in [3.8, 4) is 0 Å². The van der Waals surface area contributed by atoms with Gasteiger partial charge in [0, 0.05) is 5.02 Å². The van der Waals surface area contributed by atoms with Gasteiger partial charge in [-0.25, -0.2) is 4.98 Å². The summed E-state index contributed by atoms with van der Waals surface area (Å²) in [6, 6.07) is 3.56. The molecule has 0 atom stereocenters. The number of benzene rings is 1. The van der Waals surface area contributed by atoms with Gasteiger partial charge in [-0.15, -0.1) is 11.3 Å². The topological polar surface area (TPSA) is 38.9 Å². The normalized spacial score (nSPS) is 10.8. The molecule has 0 aliphatic heterocycles. The number of rotatable bonds is 0. The molecular weight excluding hydrogens is 260 g/mol. The summed E-state index contributed by atoms with van der Waals surface area (Å²) in [5, 5.41) is 0.649. The molecule has 1 heterocycles. The van der Waals surface area contributed by atoms with Gasteiger partial charge < -0.3 is 5.73 Å². The number of anilines is 1. The highest BCUT2D eigenvalue weighted by Crippen LogP contribution is 2.32. The van der Waals surface area contributed by atoms with Crippen molar-refractivity contribution in [2.24, 2.45) is 0 Å². The smallest absolute Gasteiger partial charge is 0.160 e. The fourth-order valence-corrected chi connectivity index (χ4v) is 2.75. The standard InChI is InChI=1S/C7H4BrClN2S/c8-7-11-6-4(10)1-3(9)2-5(6)12-7/h1-2H,10H2. The van der Waals surface area contributed by atoms with Crippen LogP contribution in [-0.2, 0) is 0 Å². The van der Waals surface area contributed by atoms with Gasteiger partial charge in [0.2, 0.25) is 0 Å². The van der Waals surface area contributed by atoms with Crippen molar-refractivity contribution in [2.45, 2.75) is 0 Å². The zero-order chi connectivity index (χ0) is 8.72. The Morgan fingerprint density at radius 2 is 2.25 bits per heavy atom. The van der Waals surface area contributed by atoms with Crippen molar-refractivity contribution in [1.29, 1.82) is 0 Å². The van der Waals surface area contributed by atoms with E-state index in [1.54, 1.807) is 6.07 Å². The third kappa shape index (κ3) is 1.30. The lowest BCUT2D eigenvalue weighted by Gasteiger charge is -1.94. The first-order valence-electron chi connectivity index (χ1n) is 3.18. The molecule has 0 saturated heterocycles. The van der Waals surface area contributed by atoms with Gasteiger partial charge in [0.1, 0.15) is 5.52 Å². The van der Waals surface area contributed by atoms with E-state index < -0.39 is 0 Å². The highest BCUT2D eigenvalue weighted by atomic mass is 79.9. The van der Waals surface area contributed by atoms with E-state index >= 15 is 0 Å². The maximum atomic E-state index is 5.82. The maximum Gasteiger partial charge on any atom is 0.160 e. The number of nitrogen functional groups attached to an aromatic ring is 1. The van der Waals surface area contributed by atoms with E-state index in [1.807, 2.05) is 6.07 Å². The van der Waals surface area contributed by atoms with Gasteiger partial charge >= 0.3 is 0 Å². The minimum atomic E-state index is 0.624. The Morgan fingerprint density at radius 3 is 3.00 bits per heavy atom. The van der Waals surface area contributed by atoms with Crippen LogP contribution in [0.1, 0.15) is 0 Å². The second-order valence-corrected chi connectivity index (χ2v) is 5.05. The Morgan fingerprint density at radius 1 is 1.50 bits per heavy atom. The van der Waals surface area contributed by atoms with Crippen LogP contribution in [0.25, 0.3) is 10.2 Å². The number of hydrogen-bond donors (Lipinski definition) is 1. The van der Waals surface area contributed by atoms with Crippen LogP contribution in [0.5, 0.6) is 0 Å². The van der Waals surface area contributed by atoms with Crippen molar-refractivity contribution < 1.29 is 0 Å². The molecule has 1 aromatic heterocycles. The Labute approximate surface area is 86.5 Å². The molecule has 1 aromatic carbocycles. The number of nitrogens with two attached hydrogens (primary N) is 1. The van der Waals surface area contributed by atoms with E-state index in [2.05, 4.69) is 20.9 Å². The second kappa shape index (κ2) is 2.87. The van der Waals surface area contributed by atoms with Gasteiger partial charge in [-0.1, -0.05) is 11.6 Å². The number of nitrogens with zero attached hydrogens (tertiary/aromatic N) is 1. The summed E-state index contributed by atoms with van der Waals surface area (Å²) in [5.74, 6) is 0. The predicted octanol–water partition coefficient (Wildman–Crippen LogP) is 3.29. The number of fused-ring (bicyclic) bond motifs is 1. The molecule has 0 fully saturated rings. The first-order valence-corrected chi connectivity index (χ1v) is 5.16. The average Bonchev–Trinajstić information content (AvgIpc) is 2.29. The Hall–Kier alpha value is -0.320. The summed E-state index contributed by atoms with van der Waals surface area (Å²) in [6.45, 7) is 0. The Balaban J connectivity index is 2.88. The highest BCUT2D eigenvalue weighted by Gasteiger charge is 2.05. The van der Waals surface area contributed by atoms with Crippen LogP contribution >= 0.6 is 38.9 Å². The highest BCUT2D eigenvalue weighted by molar-refractivity contribution is 9.11. The molecule has 0 bridgehead atoms. The number of aromatic nitrogens is 1. The number of halogens is 2. The van der Waals surface area contributed by atoms with Crippen molar-refractivity contribution in [3.05, 3.63) is 21.1 Å². The molecule has 0 saturated carbocycles. The minimum Gasteiger partial charge on any atom is -0.397 e. The van der Waals surface area contributed by atoms with Crippen molar-refractivity contribution in [3.63, 3.8) is 0 Å². The largest absolute Gasteiger partial charge is 0.397 e. The summed E-state index contributed by atoms with van der Waals surface area (Å²) >= 11 is 10.6. The van der Waals surface area contributed by atoms with Crippen LogP contribution < -0.4 is 5.73 Å². The average molecular weight is 264 g/mol. The first-order chi connectivity index (χ1) is 5.66. The van der Waals surface area contributed by atoms with E-state index in [4.69, 9.17) is 17.3 Å². The van der Waals surface area contributed by atoms with E-state index in [9.17, 15) is 0 Å². The molecule has 5 heteroatoms. The zero-order valence-corrected chi connectivity index (χ0v) is 9.00. The van der Waals surface area contributed by atoms with Crippen LogP contribution in [0, 0.1) is 0 Å². The minimum absolute atomic E-state index is 0.624. The van der Waals surface area contributed by atoms with Crippen molar-refractivity contribution in [2.75, 3.05) is 5.73 Å². The zero-order valence-electron chi connectivity index (χ0n) is 5.84. The summed E-state index contributed by atoms with van der Waals surface area (Å²) in [6.07, 6.45) is 0. The molecule has 2 nitrogen and oxygen atoms in total. The summed E-state index contributed by atoms with van der Waals surface area (Å²) in [7, 11) is 0. The lowest BCUT2D eigenvalue weighted by Crippen LogP contribution is -1.85. The van der Waals surface area contributed by atoms with Gasteiger partial charge in [-0.3, -0.25) is 0 Å². The molecule has 0 amide bonds. The molecule has 0 aliphatic carbocycles. The van der Waals surface area contributed by atoms with E-state index in [-0.39, 0.29) is 0 Å². The fraction of sp³-hybridized carbons (Fsp3) is 0. The Bertz CT molecular complexity index is 440. The summed E-state index contributed by atoms with van der Waals surface area (Å²) < 4.78 is 1.83. The van der Waals surface area contributed by atoms with Gasteiger partial charge in [-0.2, -0.15) is 0 Å². The second-order valence-electron chi connectivity index (χ2n) is 2.31. The van der Waals surface area contributed by atoms with Crippen LogP contribution in [0.3, 0.4) is 0 Å². The van der Waals surface area contributed by atoms with Gasteiger partial charge in [0.15, 0.2) is 3.92 Å². The quantitative estimate of drug-likeness (QED) is 0.741. The third-order valence-electron chi connectivity index (χ3n) is 1.46. The molecule has 2 N–H and O–H groups in total. The molecule has 0 spiro atoms. The van der Waals surface area contributed by atoms with Crippen molar-refractivity contribution >= 4 is 54.8 Å². The van der Waals surface area contributed by atoms with E-state index in [0.717, 1.165) is 14.1 Å². The van der Waals surface area contributed by atoms with E-state index in [0.29, 0.717) is 10.7 Å². The third-order valence-corrected chi connectivity index (χ3v) is 3.14. The lowest BCUT2D eigenvalue weighted by molar-refractivity contribution is 1.45. The Kier molecular flexibility index (Phi) is 1.98. The van der Waals surface area contributed by atoms with Crippen LogP contribution in [0.15, 0.2) is 16.0 Å². The van der Waals surface area contributed by atoms with Gasteiger partial charge in [0.05, 0.1) is 10.4 Å². The number of hydrogen-bond acceptors (Lipinski definition) is 3. The van der Waals surface area contributed by atoms with Crippen LogP contribution in [0.4, 0.5) is 5.69 Å². The molecule has 0 aliphatic rings. The SMILES string of the molecule is Nc1cc(Cl)cc2sc(Br)nc12. The molecule has 2 rings (SSSR count). The summed E-state index contributed by atoms with van der Waals surface area (Å²) in [5.41, 5.74) is 7.15. The molecule has 0 radical (unpaired) electrons. The molecule has 0 unspecified atom stereocenters. The van der Waals surface area contributed by atoms with Crippen LogP contribution in [-0.4, -0.2) is 4.98 Å². The molecular formula is C7H4BrClN2S. The molecule has 12 heavy (non-hydrogen) atoms. The maximum absolute atomic E-state index is 5.82. The van der Waals surface area contributed by atoms with Gasteiger partial charge in [0.25, 0.3) is 0 Å². The fourth-order valence-electron chi connectivity index (χ4n) is 0.993. The summed E-state index contributed by atoms with van der Waals surface area (Å²) in [4.78, 5) is 4.21. The van der Waals surface area contributed by atoms with E-state index in [1.165, 1.54) is 11.3 Å². The predicted molar refractivity (Wildman–Crippen MR) is 56.7 cm³/mol. The molecule has 62 valence electrons. The molecule has 2 aromatic rings. The monoisotopic (exact) mass is 262 g/mol.